The highest BCUT2D eigenvalue weighted by Gasteiger charge is 2.10. The number of rotatable bonds is 4. The predicted octanol–water partition coefficient (Wildman–Crippen LogP) is 3.61. The second kappa shape index (κ2) is 5.94. The monoisotopic (exact) mass is 295 g/mol. The van der Waals surface area contributed by atoms with E-state index in [-0.39, 0.29) is 10.6 Å². The van der Waals surface area contributed by atoms with Crippen LogP contribution >= 0.6 is 11.6 Å². The van der Waals surface area contributed by atoms with E-state index in [0.29, 0.717) is 13.1 Å². The van der Waals surface area contributed by atoms with Crippen LogP contribution in [0.5, 0.6) is 0 Å². The fourth-order valence-electron chi connectivity index (χ4n) is 1.79. The van der Waals surface area contributed by atoms with Gasteiger partial charge in [0.1, 0.15) is 5.82 Å². The molecule has 0 saturated carbocycles. The summed E-state index contributed by atoms with van der Waals surface area (Å²) in [5, 5.41) is 7.99. The van der Waals surface area contributed by atoms with Crippen molar-refractivity contribution < 1.29 is 4.39 Å². The Morgan fingerprint density at radius 1 is 1.30 bits per heavy atom. The average molecular weight is 296 g/mol. The largest absolute Gasteiger partial charge is 0.306 e. The summed E-state index contributed by atoms with van der Waals surface area (Å²) >= 11 is 5.94. The van der Waals surface area contributed by atoms with Crippen LogP contribution in [0.25, 0.3) is 0 Å². The summed E-state index contributed by atoms with van der Waals surface area (Å²) in [6.07, 6.45) is 1.88. The number of nitrogens with one attached hydrogen (secondary N) is 1. The molecule has 0 radical (unpaired) electrons. The van der Waals surface area contributed by atoms with Gasteiger partial charge in [-0.15, -0.1) is 0 Å². The van der Waals surface area contributed by atoms with Crippen molar-refractivity contribution in [2.45, 2.75) is 39.4 Å². The molecule has 0 aliphatic rings. The van der Waals surface area contributed by atoms with Crippen LogP contribution in [0, 0.1) is 5.82 Å². The lowest BCUT2D eigenvalue weighted by molar-refractivity contribution is 0.419. The Kier molecular flexibility index (Phi) is 4.45. The minimum atomic E-state index is -0.397. The first-order valence-electron chi connectivity index (χ1n) is 6.55. The van der Waals surface area contributed by atoms with Gasteiger partial charge in [-0.2, -0.15) is 5.10 Å². The fraction of sp³-hybridized carbons (Fsp3) is 0.400. The van der Waals surface area contributed by atoms with Crippen LogP contribution in [-0.2, 0) is 13.1 Å². The van der Waals surface area contributed by atoms with Gasteiger partial charge in [-0.25, -0.2) is 4.39 Å². The summed E-state index contributed by atoms with van der Waals surface area (Å²) in [4.78, 5) is 0. The number of halogens is 2. The summed E-state index contributed by atoms with van der Waals surface area (Å²) in [5.41, 5.74) is 1.73. The molecule has 5 heteroatoms. The molecule has 0 fully saturated rings. The maximum absolute atomic E-state index is 13.4. The molecule has 1 N–H and O–H groups in total. The van der Waals surface area contributed by atoms with Gasteiger partial charge in [0.05, 0.1) is 17.3 Å². The predicted molar refractivity (Wildman–Crippen MR) is 79.3 cm³/mol. The molecule has 1 aromatic carbocycles. The normalized spacial score (nSPS) is 11.8. The summed E-state index contributed by atoms with van der Waals surface area (Å²) in [6, 6.07) is 6.77. The van der Waals surface area contributed by atoms with E-state index < -0.39 is 5.82 Å². The highest BCUT2D eigenvalue weighted by atomic mass is 35.5. The first-order chi connectivity index (χ1) is 9.35. The van der Waals surface area contributed by atoms with Gasteiger partial charge >= 0.3 is 0 Å². The zero-order valence-corrected chi connectivity index (χ0v) is 12.7. The molecule has 0 bridgehead atoms. The molecule has 0 saturated heterocycles. The maximum atomic E-state index is 13.4. The highest BCUT2D eigenvalue weighted by Crippen LogP contribution is 2.20. The van der Waals surface area contributed by atoms with Gasteiger partial charge in [0.2, 0.25) is 0 Å². The molecular formula is C15H19ClFN3. The molecule has 0 aliphatic heterocycles. The SMILES string of the molecule is CC(C)(C)NCc1ccn(Cc2cccc(F)c2Cl)n1. The molecule has 108 valence electrons. The van der Waals surface area contributed by atoms with E-state index >= 15 is 0 Å². The highest BCUT2D eigenvalue weighted by molar-refractivity contribution is 6.31. The Labute approximate surface area is 123 Å². The van der Waals surface area contributed by atoms with Crippen molar-refractivity contribution in [3.05, 3.63) is 52.6 Å². The molecule has 3 nitrogen and oxygen atoms in total. The number of benzene rings is 1. The minimum absolute atomic E-state index is 0.0512. The first kappa shape index (κ1) is 15.0. The number of nitrogens with zero attached hydrogens (tertiary/aromatic N) is 2. The van der Waals surface area contributed by atoms with Gasteiger partial charge < -0.3 is 5.32 Å². The lowest BCUT2D eigenvalue weighted by atomic mass is 10.1. The third-order valence-corrected chi connectivity index (χ3v) is 3.28. The lowest BCUT2D eigenvalue weighted by Crippen LogP contribution is -2.35. The molecule has 0 amide bonds. The van der Waals surface area contributed by atoms with E-state index in [1.165, 1.54) is 6.07 Å². The molecule has 0 aliphatic carbocycles. The second-order valence-electron chi connectivity index (χ2n) is 5.82. The number of aromatic nitrogens is 2. The summed E-state index contributed by atoms with van der Waals surface area (Å²) in [5.74, 6) is -0.397. The number of hydrogen-bond acceptors (Lipinski definition) is 2. The minimum Gasteiger partial charge on any atom is -0.306 e. The van der Waals surface area contributed by atoms with Gasteiger partial charge in [0, 0.05) is 18.3 Å². The molecule has 1 aromatic heterocycles. The molecule has 0 spiro atoms. The van der Waals surface area contributed by atoms with Gasteiger partial charge in [0.25, 0.3) is 0 Å². The van der Waals surface area contributed by atoms with E-state index in [1.807, 2.05) is 12.3 Å². The Morgan fingerprint density at radius 3 is 2.75 bits per heavy atom. The Bertz CT molecular complexity index is 587. The van der Waals surface area contributed by atoms with Gasteiger partial charge in [0.15, 0.2) is 0 Å². The zero-order chi connectivity index (χ0) is 14.8. The maximum Gasteiger partial charge on any atom is 0.142 e. The first-order valence-corrected chi connectivity index (χ1v) is 6.93. The summed E-state index contributed by atoms with van der Waals surface area (Å²) in [6.45, 7) is 7.49. The van der Waals surface area contributed by atoms with Crippen molar-refractivity contribution in [2.75, 3.05) is 0 Å². The number of hydrogen-bond donors (Lipinski definition) is 1. The molecule has 0 atom stereocenters. The Balaban J connectivity index is 2.04. The van der Waals surface area contributed by atoms with E-state index in [2.05, 4.69) is 31.2 Å². The van der Waals surface area contributed by atoms with Crippen molar-refractivity contribution in [1.82, 2.24) is 15.1 Å². The van der Waals surface area contributed by atoms with Crippen molar-refractivity contribution in [1.29, 1.82) is 0 Å². The topological polar surface area (TPSA) is 29.9 Å². The van der Waals surface area contributed by atoms with Crippen LogP contribution in [0.1, 0.15) is 32.0 Å². The molecule has 1 heterocycles. The van der Waals surface area contributed by atoms with E-state index in [1.54, 1.807) is 16.8 Å². The zero-order valence-electron chi connectivity index (χ0n) is 12.0. The van der Waals surface area contributed by atoms with Gasteiger partial charge in [-0.1, -0.05) is 23.7 Å². The third-order valence-electron chi connectivity index (χ3n) is 2.86. The van der Waals surface area contributed by atoms with Crippen molar-refractivity contribution >= 4 is 11.6 Å². The van der Waals surface area contributed by atoms with Gasteiger partial charge in [-0.3, -0.25) is 4.68 Å². The van der Waals surface area contributed by atoms with Crippen LogP contribution in [-0.4, -0.2) is 15.3 Å². The smallest absolute Gasteiger partial charge is 0.142 e. The average Bonchev–Trinajstić information content (AvgIpc) is 2.80. The van der Waals surface area contributed by atoms with E-state index in [9.17, 15) is 4.39 Å². The van der Waals surface area contributed by atoms with E-state index in [0.717, 1.165) is 11.3 Å². The molecular weight excluding hydrogens is 277 g/mol. The van der Waals surface area contributed by atoms with Crippen molar-refractivity contribution in [2.24, 2.45) is 0 Å². The van der Waals surface area contributed by atoms with Crippen LogP contribution in [0.15, 0.2) is 30.5 Å². The molecule has 2 rings (SSSR count). The van der Waals surface area contributed by atoms with Gasteiger partial charge in [-0.05, 0) is 38.5 Å². The lowest BCUT2D eigenvalue weighted by Gasteiger charge is -2.19. The van der Waals surface area contributed by atoms with Crippen molar-refractivity contribution in [3.63, 3.8) is 0 Å². The second-order valence-corrected chi connectivity index (χ2v) is 6.20. The van der Waals surface area contributed by atoms with Crippen LogP contribution in [0.4, 0.5) is 4.39 Å². The molecule has 20 heavy (non-hydrogen) atoms. The molecule has 0 unspecified atom stereocenters. The summed E-state index contributed by atoms with van der Waals surface area (Å²) in [7, 11) is 0. The third kappa shape index (κ3) is 4.05. The van der Waals surface area contributed by atoms with Crippen LogP contribution in [0.2, 0.25) is 5.02 Å². The quantitative estimate of drug-likeness (QED) is 0.934. The van der Waals surface area contributed by atoms with Crippen molar-refractivity contribution in [3.8, 4) is 0 Å². The standard InChI is InChI=1S/C15H19ClFN3/c1-15(2,3)18-9-12-7-8-20(19-12)10-11-5-4-6-13(17)14(11)16/h4-8,18H,9-10H2,1-3H3. The van der Waals surface area contributed by atoms with E-state index in [4.69, 9.17) is 11.6 Å². The molecule has 2 aromatic rings. The Morgan fingerprint density at radius 2 is 2.05 bits per heavy atom. The van der Waals surface area contributed by atoms with Crippen LogP contribution < -0.4 is 5.32 Å². The summed E-state index contributed by atoms with van der Waals surface area (Å²) < 4.78 is 15.1. The van der Waals surface area contributed by atoms with Crippen LogP contribution in [0.3, 0.4) is 0 Å². The fourth-order valence-corrected chi connectivity index (χ4v) is 1.97. The Hall–Kier alpha value is -1.39.